The fraction of sp³-hybridized carbons (Fsp3) is 0.118. The molecule has 0 fully saturated rings. The Morgan fingerprint density at radius 3 is 2.79 bits per heavy atom. The minimum atomic E-state index is -0.837. The molecule has 0 aliphatic carbocycles. The Hall–Kier alpha value is -2.70. The van der Waals surface area contributed by atoms with Crippen molar-refractivity contribution in [3.05, 3.63) is 71.1 Å². The Kier molecular flexibility index (Phi) is 4.88. The minimum absolute atomic E-state index is 0.0511. The van der Waals surface area contributed by atoms with E-state index in [0.717, 1.165) is 5.56 Å². The summed E-state index contributed by atoms with van der Waals surface area (Å²) in [7, 11) is 0. The van der Waals surface area contributed by atoms with Crippen LogP contribution in [0.2, 0.25) is 5.02 Å². The Morgan fingerprint density at radius 1 is 1.29 bits per heavy atom. The van der Waals surface area contributed by atoms with Gasteiger partial charge in [0.05, 0.1) is 6.10 Å². The monoisotopic (exact) mass is 343 g/mol. The van der Waals surface area contributed by atoms with Crippen molar-refractivity contribution in [1.82, 2.24) is 15.5 Å². The van der Waals surface area contributed by atoms with E-state index >= 15 is 0 Å². The topological polar surface area (TPSA) is 88.2 Å². The molecule has 1 amide bonds. The quantitative estimate of drug-likeness (QED) is 0.743. The SMILES string of the molecule is O=C(NCC(O)c1ccc(Cl)cc1)c1cc(-c2cccnc2)on1. The third kappa shape index (κ3) is 3.79. The fourth-order valence-electron chi connectivity index (χ4n) is 2.11. The molecule has 3 aromatic rings. The third-order valence-corrected chi connectivity index (χ3v) is 3.65. The van der Waals surface area contributed by atoms with Crippen LogP contribution in [0.5, 0.6) is 0 Å². The smallest absolute Gasteiger partial charge is 0.273 e. The van der Waals surface area contributed by atoms with Crippen LogP contribution >= 0.6 is 11.6 Å². The van der Waals surface area contributed by atoms with Crippen LogP contribution in [0.25, 0.3) is 11.3 Å². The molecule has 2 heterocycles. The number of pyridine rings is 1. The number of nitrogens with zero attached hydrogens (tertiary/aromatic N) is 2. The van der Waals surface area contributed by atoms with Crippen LogP contribution in [0.15, 0.2) is 59.4 Å². The van der Waals surface area contributed by atoms with Gasteiger partial charge in [-0.15, -0.1) is 0 Å². The summed E-state index contributed by atoms with van der Waals surface area (Å²) in [5.41, 5.74) is 1.53. The highest BCUT2D eigenvalue weighted by molar-refractivity contribution is 6.30. The fourth-order valence-corrected chi connectivity index (χ4v) is 2.24. The molecular formula is C17H14ClN3O3. The number of hydrogen-bond donors (Lipinski definition) is 2. The summed E-state index contributed by atoms with van der Waals surface area (Å²) in [6.45, 7) is 0.0511. The van der Waals surface area contributed by atoms with E-state index in [1.54, 1.807) is 48.8 Å². The molecule has 0 spiro atoms. The summed E-state index contributed by atoms with van der Waals surface area (Å²) in [5.74, 6) is 0.0217. The number of hydrogen-bond acceptors (Lipinski definition) is 5. The van der Waals surface area contributed by atoms with E-state index in [4.69, 9.17) is 16.1 Å². The minimum Gasteiger partial charge on any atom is -0.387 e. The van der Waals surface area contributed by atoms with Crippen molar-refractivity contribution in [1.29, 1.82) is 0 Å². The molecule has 0 aliphatic heterocycles. The molecule has 0 saturated heterocycles. The molecular weight excluding hydrogens is 330 g/mol. The van der Waals surface area contributed by atoms with Crippen LogP contribution in [0, 0.1) is 0 Å². The van der Waals surface area contributed by atoms with Gasteiger partial charge < -0.3 is 14.9 Å². The summed E-state index contributed by atoms with van der Waals surface area (Å²) in [4.78, 5) is 16.1. The standard InChI is InChI=1S/C17H14ClN3O3/c18-13-5-3-11(4-6-13)15(22)10-20-17(23)14-8-16(24-21-14)12-2-1-7-19-9-12/h1-9,15,22H,10H2,(H,20,23). The maximum absolute atomic E-state index is 12.1. The predicted molar refractivity (Wildman–Crippen MR) is 88.5 cm³/mol. The first-order valence-electron chi connectivity index (χ1n) is 7.22. The molecule has 2 aromatic heterocycles. The van der Waals surface area contributed by atoms with Gasteiger partial charge >= 0.3 is 0 Å². The van der Waals surface area contributed by atoms with Gasteiger partial charge in [-0.25, -0.2) is 0 Å². The Labute approximate surface area is 143 Å². The van der Waals surface area contributed by atoms with Crippen molar-refractivity contribution in [2.45, 2.75) is 6.10 Å². The molecule has 2 N–H and O–H groups in total. The summed E-state index contributed by atoms with van der Waals surface area (Å²) in [6, 6.07) is 11.9. The lowest BCUT2D eigenvalue weighted by Crippen LogP contribution is -2.28. The highest BCUT2D eigenvalue weighted by Crippen LogP contribution is 2.19. The van der Waals surface area contributed by atoms with E-state index in [0.29, 0.717) is 16.3 Å². The molecule has 1 atom stereocenters. The molecule has 0 saturated carbocycles. The molecule has 1 aromatic carbocycles. The Balaban J connectivity index is 1.61. The number of nitrogens with one attached hydrogen (secondary N) is 1. The van der Waals surface area contributed by atoms with Gasteiger partial charge in [0.1, 0.15) is 0 Å². The highest BCUT2D eigenvalue weighted by atomic mass is 35.5. The lowest BCUT2D eigenvalue weighted by molar-refractivity contribution is 0.0907. The molecule has 24 heavy (non-hydrogen) atoms. The van der Waals surface area contributed by atoms with Crippen molar-refractivity contribution in [2.75, 3.05) is 6.54 Å². The average molecular weight is 344 g/mol. The van der Waals surface area contributed by atoms with Crippen LogP contribution in [0.4, 0.5) is 0 Å². The van der Waals surface area contributed by atoms with Gasteiger partial charge in [-0.1, -0.05) is 28.9 Å². The van der Waals surface area contributed by atoms with Crippen LogP contribution in [-0.2, 0) is 0 Å². The van der Waals surface area contributed by atoms with Gasteiger partial charge in [-0.05, 0) is 29.8 Å². The van der Waals surface area contributed by atoms with Gasteiger partial charge in [0.25, 0.3) is 5.91 Å². The zero-order chi connectivity index (χ0) is 16.9. The molecule has 0 aliphatic rings. The lowest BCUT2D eigenvalue weighted by atomic mass is 10.1. The molecule has 0 radical (unpaired) electrons. The number of aromatic nitrogens is 2. The number of benzene rings is 1. The molecule has 122 valence electrons. The molecule has 6 nitrogen and oxygen atoms in total. The summed E-state index contributed by atoms with van der Waals surface area (Å²) < 4.78 is 5.15. The van der Waals surface area contributed by atoms with Crippen molar-refractivity contribution in [3.8, 4) is 11.3 Å². The maximum atomic E-state index is 12.1. The average Bonchev–Trinajstić information content (AvgIpc) is 3.11. The van der Waals surface area contributed by atoms with Gasteiger partial charge in [0, 0.05) is 35.6 Å². The number of rotatable bonds is 5. The predicted octanol–water partition coefficient (Wildman–Crippen LogP) is 2.85. The number of carbonyl (C=O) groups is 1. The van der Waals surface area contributed by atoms with Crippen molar-refractivity contribution < 1.29 is 14.4 Å². The van der Waals surface area contributed by atoms with E-state index in [2.05, 4.69) is 15.5 Å². The van der Waals surface area contributed by atoms with E-state index in [-0.39, 0.29) is 12.2 Å². The molecule has 1 unspecified atom stereocenters. The number of halogens is 1. The normalized spacial score (nSPS) is 11.9. The first-order valence-corrected chi connectivity index (χ1v) is 7.60. The van der Waals surface area contributed by atoms with Crippen molar-refractivity contribution >= 4 is 17.5 Å². The summed E-state index contributed by atoms with van der Waals surface area (Å²) >= 11 is 5.80. The van der Waals surface area contributed by atoms with Crippen LogP contribution in [0.3, 0.4) is 0 Å². The van der Waals surface area contributed by atoms with E-state index in [9.17, 15) is 9.90 Å². The van der Waals surface area contributed by atoms with Gasteiger partial charge in [0.2, 0.25) is 0 Å². The summed E-state index contributed by atoms with van der Waals surface area (Å²) in [5, 5.41) is 17.0. The van der Waals surface area contributed by atoms with Gasteiger partial charge in [0.15, 0.2) is 11.5 Å². The van der Waals surface area contributed by atoms with Crippen LogP contribution < -0.4 is 5.32 Å². The molecule has 0 bridgehead atoms. The van der Waals surface area contributed by atoms with E-state index in [1.807, 2.05) is 0 Å². The largest absolute Gasteiger partial charge is 0.387 e. The van der Waals surface area contributed by atoms with E-state index < -0.39 is 12.0 Å². The van der Waals surface area contributed by atoms with Crippen molar-refractivity contribution in [2.24, 2.45) is 0 Å². The number of aliphatic hydroxyl groups is 1. The zero-order valence-electron chi connectivity index (χ0n) is 12.5. The number of carbonyl (C=O) groups excluding carboxylic acids is 1. The zero-order valence-corrected chi connectivity index (χ0v) is 13.3. The Morgan fingerprint density at radius 2 is 2.08 bits per heavy atom. The summed E-state index contributed by atoms with van der Waals surface area (Å²) in [6.07, 6.45) is 2.42. The van der Waals surface area contributed by atoms with Crippen LogP contribution in [-0.4, -0.2) is 27.7 Å². The lowest BCUT2D eigenvalue weighted by Gasteiger charge is -2.11. The second-order valence-corrected chi connectivity index (χ2v) is 5.53. The van der Waals surface area contributed by atoms with Crippen LogP contribution in [0.1, 0.15) is 22.2 Å². The second-order valence-electron chi connectivity index (χ2n) is 5.10. The second kappa shape index (κ2) is 7.25. The first kappa shape index (κ1) is 16.2. The maximum Gasteiger partial charge on any atom is 0.273 e. The third-order valence-electron chi connectivity index (χ3n) is 3.40. The van der Waals surface area contributed by atoms with E-state index in [1.165, 1.54) is 6.07 Å². The van der Waals surface area contributed by atoms with Gasteiger partial charge in [-0.3, -0.25) is 9.78 Å². The number of amides is 1. The highest BCUT2D eigenvalue weighted by Gasteiger charge is 2.15. The van der Waals surface area contributed by atoms with Crippen molar-refractivity contribution in [3.63, 3.8) is 0 Å². The Bertz CT molecular complexity index is 819. The van der Waals surface area contributed by atoms with Gasteiger partial charge in [-0.2, -0.15) is 0 Å². The first-order chi connectivity index (χ1) is 11.6. The number of aliphatic hydroxyl groups excluding tert-OH is 1. The molecule has 3 rings (SSSR count). The molecule has 7 heteroatoms.